The fourth-order valence-corrected chi connectivity index (χ4v) is 3.48. The number of thiophene rings is 1. The second-order valence-electron chi connectivity index (χ2n) is 5.70. The van der Waals surface area contributed by atoms with E-state index in [2.05, 4.69) is 22.3 Å². The fraction of sp³-hybridized carbons (Fsp3) is 0.389. The van der Waals surface area contributed by atoms with Crippen LogP contribution in [0.4, 0.5) is 0 Å². The summed E-state index contributed by atoms with van der Waals surface area (Å²) in [5.41, 5.74) is 1.15. The molecule has 1 amide bonds. The Morgan fingerprint density at radius 2 is 1.96 bits per heavy atom. The molecule has 0 spiro atoms. The highest BCUT2D eigenvalue weighted by Gasteiger charge is 2.20. The number of hydrogen-bond donors (Lipinski definition) is 1. The van der Waals surface area contributed by atoms with E-state index in [-0.39, 0.29) is 11.9 Å². The average Bonchev–Trinajstić information content (AvgIpc) is 3.09. The smallest absolute Gasteiger partial charge is 0.225 e. The molecule has 1 N–H and O–H groups in total. The zero-order valence-electron chi connectivity index (χ0n) is 13.1. The summed E-state index contributed by atoms with van der Waals surface area (Å²) < 4.78 is 5.41. The largest absolute Gasteiger partial charge is 0.379 e. The van der Waals surface area contributed by atoms with Crippen LogP contribution in [0.25, 0.3) is 0 Å². The van der Waals surface area contributed by atoms with Crippen molar-refractivity contribution in [1.82, 2.24) is 10.2 Å². The summed E-state index contributed by atoms with van der Waals surface area (Å²) in [6.45, 7) is 4.20. The predicted octanol–water partition coefficient (Wildman–Crippen LogP) is 2.48. The fourth-order valence-electron chi connectivity index (χ4n) is 2.78. The molecule has 0 saturated carbocycles. The molecule has 1 fully saturated rings. The average molecular weight is 330 g/mol. The molecule has 5 heteroatoms. The minimum Gasteiger partial charge on any atom is -0.379 e. The number of ether oxygens (including phenoxy) is 1. The number of nitrogens with zero attached hydrogens (tertiary/aromatic N) is 1. The van der Waals surface area contributed by atoms with Gasteiger partial charge in [0.25, 0.3) is 0 Å². The second kappa shape index (κ2) is 8.24. The van der Waals surface area contributed by atoms with Crippen molar-refractivity contribution in [2.24, 2.45) is 0 Å². The Balaban J connectivity index is 1.65. The normalized spacial score (nSPS) is 16.9. The Labute approximate surface area is 141 Å². The first-order chi connectivity index (χ1) is 11.3. The van der Waals surface area contributed by atoms with Crippen molar-refractivity contribution in [3.8, 4) is 0 Å². The maximum Gasteiger partial charge on any atom is 0.225 e. The molecule has 1 atom stereocenters. The molecule has 23 heavy (non-hydrogen) atoms. The van der Waals surface area contributed by atoms with Gasteiger partial charge in [0.05, 0.1) is 25.7 Å². The van der Waals surface area contributed by atoms with Crippen molar-refractivity contribution in [2.45, 2.75) is 12.5 Å². The zero-order chi connectivity index (χ0) is 15.9. The van der Waals surface area contributed by atoms with E-state index in [0.717, 1.165) is 43.3 Å². The van der Waals surface area contributed by atoms with Gasteiger partial charge in [0, 0.05) is 24.5 Å². The number of amides is 1. The molecule has 4 nitrogen and oxygen atoms in total. The van der Waals surface area contributed by atoms with E-state index in [9.17, 15) is 4.79 Å². The maximum atomic E-state index is 12.4. The summed E-state index contributed by atoms with van der Waals surface area (Å²) >= 11 is 1.62. The van der Waals surface area contributed by atoms with E-state index in [1.54, 1.807) is 11.3 Å². The molecule has 3 rings (SSSR count). The molecule has 1 unspecified atom stereocenters. The van der Waals surface area contributed by atoms with Gasteiger partial charge in [0.2, 0.25) is 5.91 Å². The zero-order valence-corrected chi connectivity index (χ0v) is 13.9. The number of rotatable bonds is 6. The van der Waals surface area contributed by atoms with E-state index < -0.39 is 0 Å². The maximum absolute atomic E-state index is 12.4. The highest BCUT2D eigenvalue weighted by molar-refractivity contribution is 7.10. The summed E-state index contributed by atoms with van der Waals surface area (Å²) in [4.78, 5) is 15.8. The van der Waals surface area contributed by atoms with Gasteiger partial charge in [0.15, 0.2) is 0 Å². The van der Waals surface area contributed by atoms with Crippen LogP contribution in [0.15, 0.2) is 47.8 Å². The van der Waals surface area contributed by atoms with Gasteiger partial charge in [-0.1, -0.05) is 36.4 Å². The van der Waals surface area contributed by atoms with Crippen molar-refractivity contribution in [3.05, 3.63) is 58.3 Å². The molecule has 2 heterocycles. The van der Waals surface area contributed by atoms with E-state index in [4.69, 9.17) is 4.74 Å². The molecule has 122 valence electrons. The number of carbonyl (C=O) groups excluding carboxylic acids is 1. The molecule has 1 aliphatic heterocycles. The molecule has 0 radical (unpaired) electrons. The molecular formula is C18H22N2O2S. The molecular weight excluding hydrogens is 308 g/mol. The van der Waals surface area contributed by atoms with E-state index >= 15 is 0 Å². The third-order valence-corrected chi connectivity index (χ3v) is 4.87. The van der Waals surface area contributed by atoms with Crippen molar-refractivity contribution >= 4 is 17.2 Å². The number of hydrogen-bond acceptors (Lipinski definition) is 4. The van der Waals surface area contributed by atoms with Crippen molar-refractivity contribution in [2.75, 3.05) is 32.8 Å². The predicted molar refractivity (Wildman–Crippen MR) is 92.6 cm³/mol. The van der Waals surface area contributed by atoms with E-state index in [1.807, 2.05) is 35.7 Å². The van der Waals surface area contributed by atoms with Gasteiger partial charge in [-0.15, -0.1) is 11.3 Å². The highest BCUT2D eigenvalue weighted by atomic mass is 32.1. The van der Waals surface area contributed by atoms with Gasteiger partial charge in [-0.3, -0.25) is 9.69 Å². The van der Waals surface area contributed by atoms with Crippen LogP contribution in [0.2, 0.25) is 0 Å². The van der Waals surface area contributed by atoms with E-state index in [0.29, 0.717) is 6.42 Å². The van der Waals surface area contributed by atoms with Crippen molar-refractivity contribution in [1.29, 1.82) is 0 Å². The Bertz CT molecular complexity index is 595. The summed E-state index contributed by atoms with van der Waals surface area (Å²) in [6.07, 6.45) is 0.449. The number of nitrogens with one attached hydrogen (secondary N) is 1. The summed E-state index contributed by atoms with van der Waals surface area (Å²) in [5.74, 6) is 0.0783. The molecule has 1 aromatic heterocycles. The Kier molecular flexibility index (Phi) is 5.80. The van der Waals surface area contributed by atoms with Gasteiger partial charge in [-0.05, 0) is 17.0 Å². The third-order valence-electron chi connectivity index (χ3n) is 4.00. The number of carbonyl (C=O) groups is 1. The SMILES string of the molecule is O=C(Cc1cccs1)NC(CN1CCOCC1)c1ccccc1. The van der Waals surface area contributed by atoms with Crippen molar-refractivity contribution < 1.29 is 9.53 Å². The molecule has 0 bridgehead atoms. The van der Waals surface area contributed by atoms with Gasteiger partial charge in [-0.25, -0.2) is 0 Å². The van der Waals surface area contributed by atoms with Crippen LogP contribution >= 0.6 is 11.3 Å². The van der Waals surface area contributed by atoms with Crippen molar-refractivity contribution in [3.63, 3.8) is 0 Å². The van der Waals surface area contributed by atoms with Crippen LogP contribution < -0.4 is 5.32 Å². The van der Waals surface area contributed by atoms with Gasteiger partial charge < -0.3 is 10.1 Å². The van der Waals surface area contributed by atoms with Crippen LogP contribution in [0.5, 0.6) is 0 Å². The van der Waals surface area contributed by atoms with Gasteiger partial charge in [0.1, 0.15) is 0 Å². The van der Waals surface area contributed by atoms with Crippen LogP contribution in [-0.4, -0.2) is 43.7 Å². The van der Waals surface area contributed by atoms with Crippen LogP contribution in [0.3, 0.4) is 0 Å². The standard InChI is InChI=1S/C18H22N2O2S/c21-18(13-16-7-4-12-23-16)19-17(15-5-2-1-3-6-15)14-20-8-10-22-11-9-20/h1-7,12,17H,8-11,13-14H2,(H,19,21). The van der Waals surface area contributed by atoms with E-state index in [1.165, 1.54) is 0 Å². The second-order valence-corrected chi connectivity index (χ2v) is 6.73. The number of benzene rings is 1. The minimum absolute atomic E-state index is 0.0155. The topological polar surface area (TPSA) is 41.6 Å². The lowest BCUT2D eigenvalue weighted by molar-refractivity contribution is -0.121. The Hall–Kier alpha value is -1.69. The lowest BCUT2D eigenvalue weighted by atomic mass is 10.1. The quantitative estimate of drug-likeness (QED) is 0.885. The highest BCUT2D eigenvalue weighted by Crippen LogP contribution is 2.16. The summed E-state index contributed by atoms with van der Waals surface area (Å²) in [7, 11) is 0. The lowest BCUT2D eigenvalue weighted by Gasteiger charge is -2.31. The Morgan fingerprint density at radius 3 is 2.65 bits per heavy atom. The first kappa shape index (κ1) is 16.2. The van der Waals surface area contributed by atoms with Crippen LogP contribution in [0, 0.1) is 0 Å². The molecule has 1 aromatic carbocycles. The molecule has 0 aliphatic carbocycles. The molecule has 1 saturated heterocycles. The molecule has 1 aliphatic rings. The van der Waals surface area contributed by atoms with Crippen LogP contribution in [0.1, 0.15) is 16.5 Å². The van der Waals surface area contributed by atoms with Gasteiger partial charge in [-0.2, -0.15) is 0 Å². The van der Waals surface area contributed by atoms with Gasteiger partial charge >= 0.3 is 0 Å². The first-order valence-corrected chi connectivity index (χ1v) is 8.86. The summed E-state index contributed by atoms with van der Waals surface area (Å²) in [5, 5.41) is 5.21. The molecule has 2 aromatic rings. The Morgan fingerprint density at radius 1 is 1.17 bits per heavy atom. The number of morpholine rings is 1. The third kappa shape index (κ3) is 4.89. The van der Waals surface area contributed by atoms with Crippen LogP contribution in [-0.2, 0) is 16.0 Å². The first-order valence-electron chi connectivity index (χ1n) is 7.98. The summed E-state index contributed by atoms with van der Waals surface area (Å²) in [6, 6.07) is 14.2. The minimum atomic E-state index is 0.0155. The lowest BCUT2D eigenvalue weighted by Crippen LogP contribution is -2.43. The monoisotopic (exact) mass is 330 g/mol.